The maximum Gasteiger partial charge on any atom is 0.0138 e. The topological polar surface area (TPSA) is 29.3 Å². The van der Waals surface area contributed by atoms with E-state index in [9.17, 15) is 0 Å². The lowest BCUT2D eigenvalue weighted by Crippen LogP contribution is -2.52. The molecule has 20 heavy (non-hydrogen) atoms. The van der Waals surface area contributed by atoms with Gasteiger partial charge in [0.15, 0.2) is 0 Å². The Bertz CT molecular complexity index is 300. The van der Waals surface area contributed by atoms with Crippen molar-refractivity contribution >= 4 is 0 Å². The van der Waals surface area contributed by atoms with Gasteiger partial charge in [-0.15, -0.1) is 0 Å². The van der Waals surface area contributed by atoms with E-state index in [1.54, 1.807) is 0 Å². The fourth-order valence-electron chi connectivity index (χ4n) is 5.21. The molecule has 0 heterocycles. The Morgan fingerprint density at radius 1 is 1.15 bits per heavy atom. The van der Waals surface area contributed by atoms with Crippen molar-refractivity contribution in [1.82, 2.24) is 4.90 Å². The fourth-order valence-corrected chi connectivity index (χ4v) is 5.21. The third-order valence-electron chi connectivity index (χ3n) is 5.80. The lowest BCUT2D eigenvalue weighted by molar-refractivity contribution is 0.0113. The minimum atomic E-state index is 0.516. The van der Waals surface area contributed by atoms with Gasteiger partial charge < -0.3 is 5.73 Å². The van der Waals surface area contributed by atoms with Crippen LogP contribution in [-0.2, 0) is 0 Å². The molecule has 4 unspecified atom stereocenters. The summed E-state index contributed by atoms with van der Waals surface area (Å²) >= 11 is 0. The van der Waals surface area contributed by atoms with E-state index in [4.69, 9.17) is 5.73 Å². The minimum Gasteiger partial charge on any atom is -0.330 e. The third-order valence-corrected chi connectivity index (χ3v) is 5.80. The van der Waals surface area contributed by atoms with Crippen molar-refractivity contribution in [3.63, 3.8) is 0 Å². The van der Waals surface area contributed by atoms with Crippen LogP contribution in [0.5, 0.6) is 0 Å². The van der Waals surface area contributed by atoms with Gasteiger partial charge in [0.25, 0.3) is 0 Å². The lowest BCUT2D eigenvalue weighted by atomic mass is 9.69. The van der Waals surface area contributed by atoms with E-state index in [1.807, 2.05) is 0 Å². The molecule has 2 N–H and O–H groups in total. The molecule has 0 spiro atoms. The highest BCUT2D eigenvalue weighted by Gasteiger charge is 2.38. The first-order valence-electron chi connectivity index (χ1n) is 8.92. The summed E-state index contributed by atoms with van der Waals surface area (Å²) in [6, 6.07) is 1.54. The van der Waals surface area contributed by atoms with Crippen LogP contribution in [-0.4, -0.2) is 30.1 Å². The molecular formula is C18H36N2. The molecule has 0 amide bonds. The van der Waals surface area contributed by atoms with Gasteiger partial charge in [0, 0.05) is 12.1 Å². The smallest absolute Gasteiger partial charge is 0.0138 e. The summed E-state index contributed by atoms with van der Waals surface area (Å²) in [7, 11) is 0. The van der Waals surface area contributed by atoms with E-state index in [2.05, 4.69) is 32.6 Å². The Kier molecular flexibility index (Phi) is 5.53. The molecule has 2 nitrogen and oxygen atoms in total. The molecule has 2 fully saturated rings. The van der Waals surface area contributed by atoms with Gasteiger partial charge in [-0.2, -0.15) is 0 Å². The predicted molar refractivity (Wildman–Crippen MR) is 87.8 cm³/mol. The molecule has 2 rings (SSSR count). The van der Waals surface area contributed by atoms with Gasteiger partial charge >= 0.3 is 0 Å². The molecule has 0 radical (unpaired) electrons. The molecule has 2 aliphatic carbocycles. The monoisotopic (exact) mass is 280 g/mol. The summed E-state index contributed by atoms with van der Waals surface area (Å²) in [5, 5.41) is 0. The SMILES string of the molecule is CCN(C1CC(C)CC(C)(C)C1)C1CCCCC1CN. The van der Waals surface area contributed by atoms with Gasteiger partial charge in [-0.25, -0.2) is 0 Å². The number of nitrogens with zero attached hydrogens (tertiary/aromatic N) is 1. The van der Waals surface area contributed by atoms with Gasteiger partial charge in [-0.1, -0.05) is 40.5 Å². The van der Waals surface area contributed by atoms with E-state index in [0.29, 0.717) is 5.41 Å². The first kappa shape index (κ1) is 16.3. The summed E-state index contributed by atoms with van der Waals surface area (Å²) in [5.74, 6) is 1.61. The lowest BCUT2D eigenvalue weighted by Gasteiger charge is -2.49. The number of nitrogens with two attached hydrogens (primary N) is 1. The van der Waals surface area contributed by atoms with E-state index < -0.39 is 0 Å². The van der Waals surface area contributed by atoms with Gasteiger partial charge in [-0.3, -0.25) is 4.90 Å². The van der Waals surface area contributed by atoms with Crippen molar-refractivity contribution in [3.05, 3.63) is 0 Å². The van der Waals surface area contributed by atoms with Crippen LogP contribution in [0.25, 0.3) is 0 Å². The summed E-state index contributed by atoms with van der Waals surface area (Å²) in [6.45, 7) is 11.8. The van der Waals surface area contributed by atoms with Crippen LogP contribution in [0.1, 0.15) is 72.6 Å². The Morgan fingerprint density at radius 3 is 2.45 bits per heavy atom. The fraction of sp³-hybridized carbons (Fsp3) is 1.00. The van der Waals surface area contributed by atoms with Crippen LogP contribution in [0, 0.1) is 17.3 Å². The first-order valence-corrected chi connectivity index (χ1v) is 8.92. The van der Waals surface area contributed by atoms with Crippen LogP contribution in [0.15, 0.2) is 0 Å². The van der Waals surface area contributed by atoms with Crippen LogP contribution in [0.2, 0.25) is 0 Å². The minimum absolute atomic E-state index is 0.516. The number of hydrogen-bond acceptors (Lipinski definition) is 2. The standard InChI is InChI=1S/C18H36N2/c1-5-20(17-9-7-6-8-15(17)13-19)16-10-14(2)11-18(3,4)12-16/h14-17H,5-13,19H2,1-4H3. The molecule has 2 saturated carbocycles. The largest absolute Gasteiger partial charge is 0.330 e. The zero-order chi connectivity index (χ0) is 14.8. The molecule has 2 heteroatoms. The number of rotatable bonds is 4. The molecule has 4 atom stereocenters. The maximum atomic E-state index is 6.07. The molecule has 0 aromatic carbocycles. The van der Waals surface area contributed by atoms with Crippen LogP contribution in [0.3, 0.4) is 0 Å². The Balaban J connectivity index is 2.09. The van der Waals surface area contributed by atoms with Crippen molar-refractivity contribution in [2.45, 2.75) is 84.7 Å². The second kappa shape index (κ2) is 6.79. The Hall–Kier alpha value is -0.0800. The van der Waals surface area contributed by atoms with Crippen LogP contribution >= 0.6 is 0 Å². The van der Waals surface area contributed by atoms with Crippen LogP contribution < -0.4 is 5.73 Å². The molecule has 0 aromatic heterocycles. The Labute approximate surface area is 126 Å². The quantitative estimate of drug-likeness (QED) is 0.842. The average molecular weight is 280 g/mol. The van der Waals surface area contributed by atoms with Gasteiger partial charge in [0.2, 0.25) is 0 Å². The summed E-state index contributed by atoms with van der Waals surface area (Å²) in [5.41, 5.74) is 6.59. The van der Waals surface area contributed by atoms with Gasteiger partial charge in [0.1, 0.15) is 0 Å². The molecule has 118 valence electrons. The van der Waals surface area contributed by atoms with E-state index >= 15 is 0 Å². The molecule has 2 aliphatic rings. The van der Waals surface area contributed by atoms with Crippen LogP contribution in [0.4, 0.5) is 0 Å². The Morgan fingerprint density at radius 2 is 1.85 bits per heavy atom. The van der Waals surface area contributed by atoms with Crippen molar-refractivity contribution in [3.8, 4) is 0 Å². The predicted octanol–water partition coefficient (Wildman–Crippen LogP) is 4.04. The highest BCUT2D eigenvalue weighted by Crippen LogP contribution is 2.42. The second-order valence-electron chi connectivity index (χ2n) is 8.25. The van der Waals surface area contributed by atoms with Crippen molar-refractivity contribution in [2.24, 2.45) is 23.0 Å². The molecular weight excluding hydrogens is 244 g/mol. The van der Waals surface area contributed by atoms with E-state index in [1.165, 1.54) is 51.5 Å². The van der Waals surface area contributed by atoms with Crippen molar-refractivity contribution in [2.75, 3.05) is 13.1 Å². The molecule has 0 aliphatic heterocycles. The average Bonchev–Trinajstić information content (AvgIpc) is 2.38. The van der Waals surface area contributed by atoms with Crippen molar-refractivity contribution in [1.29, 1.82) is 0 Å². The highest BCUT2D eigenvalue weighted by molar-refractivity contribution is 4.93. The van der Waals surface area contributed by atoms with E-state index in [-0.39, 0.29) is 0 Å². The first-order chi connectivity index (χ1) is 9.46. The summed E-state index contributed by atoms with van der Waals surface area (Å²) in [6.07, 6.45) is 9.69. The number of hydrogen-bond donors (Lipinski definition) is 1. The maximum absolute atomic E-state index is 6.07. The third kappa shape index (κ3) is 3.76. The zero-order valence-electron chi connectivity index (χ0n) is 14.2. The summed E-state index contributed by atoms with van der Waals surface area (Å²) in [4.78, 5) is 2.84. The molecule has 0 bridgehead atoms. The van der Waals surface area contributed by atoms with E-state index in [0.717, 1.165) is 30.5 Å². The second-order valence-corrected chi connectivity index (χ2v) is 8.25. The zero-order valence-corrected chi connectivity index (χ0v) is 14.2. The van der Waals surface area contributed by atoms with Gasteiger partial charge in [0.05, 0.1) is 0 Å². The molecule has 0 aromatic rings. The van der Waals surface area contributed by atoms with Gasteiger partial charge in [-0.05, 0) is 62.4 Å². The van der Waals surface area contributed by atoms with Crippen molar-refractivity contribution < 1.29 is 0 Å². The molecule has 0 saturated heterocycles. The summed E-state index contributed by atoms with van der Waals surface area (Å²) < 4.78 is 0. The highest BCUT2D eigenvalue weighted by atomic mass is 15.2. The normalized spacial score (nSPS) is 38.1.